The zero-order chi connectivity index (χ0) is 8.97. The second kappa shape index (κ2) is 4.58. The Kier molecular flexibility index (Phi) is 3.69. The monoisotopic (exact) mass is 170 g/mol. The van der Waals surface area contributed by atoms with Gasteiger partial charge in [-0.2, -0.15) is 0 Å². The fourth-order valence-electron chi connectivity index (χ4n) is 1.61. The lowest BCUT2D eigenvalue weighted by Crippen LogP contribution is -2.36. The summed E-state index contributed by atoms with van der Waals surface area (Å²) in [6.07, 6.45) is 3.32. The summed E-state index contributed by atoms with van der Waals surface area (Å²) in [5.74, 6) is 0. The van der Waals surface area contributed by atoms with Crippen molar-refractivity contribution in [2.24, 2.45) is 0 Å². The number of carbonyl (C=O) groups excluding carboxylic acids is 1. The maximum atomic E-state index is 10.6. The highest BCUT2D eigenvalue weighted by atomic mass is 16.1. The molecule has 1 saturated heterocycles. The molecule has 1 rings (SSSR count). The smallest absolute Gasteiger partial charge is 0.137 e. The van der Waals surface area contributed by atoms with Crippen LogP contribution in [0.3, 0.4) is 0 Å². The first kappa shape index (κ1) is 9.68. The number of likely N-dealkylation sites (N-methyl/N-ethyl adjacent to an activating group) is 1. The van der Waals surface area contributed by atoms with Crippen molar-refractivity contribution in [2.45, 2.75) is 18.9 Å². The molecule has 3 heteroatoms. The van der Waals surface area contributed by atoms with Crippen molar-refractivity contribution in [1.82, 2.24) is 9.80 Å². The van der Waals surface area contributed by atoms with E-state index < -0.39 is 0 Å². The second-order valence-corrected chi connectivity index (χ2v) is 3.68. The molecule has 0 aromatic heterocycles. The molecule has 0 saturated carbocycles. The number of rotatable bonds is 4. The van der Waals surface area contributed by atoms with E-state index in [0.717, 1.165) is 32.3 Å². The van der Waals surface area contributed by atoms with Crippen molar-refractivity contribution in [2.75, 3.05) is 33.7 Å². The minimum absolute atomic E-state index is 0.199. The molecule has 0 spiro atoms. The van der Waals surface area contributed by atoms with Gasteiger partial charge in [0.05, 0.1) is 6.04 Å². The van der Waals surface area contributed by atoms with Crippen LogP contribution in [0.15, 0.2) is 0 Å². The van der Waals surface area contributed by atoms with Crippen molar-refractivity contribution in [3.63, 3.8) is 0 Å². The van der Waals surface area contributed by atoms with Gasteiger partial charge in [-0.15, -0.1) is 0 Å². The van der Waals surface area contributed by atoms with Gasteiger partial charge in [-0.25, -0.2) is 0 Å². The van der Waals surface area contributed by atoms with Crippen molar-refractivity contribution in [1.29, 1.82) is 0 Å². The molecule has 0 bridgehead atoms. The van der Waals surface area contributed by atoms with Gasteiger partial charge in [-0.05, 0) is 33.5 Å². The van der Waals surface area contributed by atoms with Crippen LogP contribution in [0.4, 0.5) is 0 Å². The summed E-state index contributed by atoms with van der Waals surface area (Å²) < 4.78 is 0. The number of likely N-dealkylation sites (tertiary alicyclic amines) is 1. The third kappa shape index (κ3) is 2.57. The standard InChI is InChI=1S/C9H18N2O/c1-10(2)6-7-11-5-3-4-9(11)8-12/h8-9H,3-7H2,1-2H3/t9-/m1/s1. The summed E-state index contributed by atoms with van der Waals surface area (Å²) in [6.45, 7) is 3.16. The number of aldehydes is 1. The molecule has 3 nitrogen and oxygen atoms in total. The van der Waals surface area contributed by atoms with Crippen molar-refractivity contribution in [3.05, 3.63) is 0 Å². The molecule has 0 aromatic rings. The van der Waals surface area contributed by atoms with E-state index in [1.165, 1.54) is 6.42 Å². The normalized spacial score (nSPS) is 25.1. The van der Waals surface area contributed by atoms with Crippen LogP contribution in [-0.2, 0) is 4.79 Å². The van der Waals surface area contributed by atoms with Gasteiger partial charge in [0.1, 0.15) is 6.29 Å². The van der Waals surface area contributed by atoms with E-state index in [-0.39, 0.29) is 6.04 Å². The third-order valence-corrected chi connectivity index (χ3v) is 2.41. The van der Waals surface area contributed by atoms with Crippen LogP contribution in [0.25, 0.3) is 0 Å². The molecule has 0 aliphatic carbocycles. The highest BCUT2D eigenvalue weighted by Crippen LogP contribution is 2.14. The topological polar surface area (TPSA) is 23.6 Å². The largest absolute Gasteiger partial charge is 0.308 e. The van der Waals surface area contributed by atoms with E-state index >= 15 is 0 Å². The highest BCUT2D eigenvalue weighted by molar-refractivity contribution is 5.58. The van der Waals surface area contributed by atoms with Crippen molar-refractivity contribution in [3.8, 4) is 0 Å². The molecule has 0 aromatic carbocycles. The quantitative estimate of drug-likeness (QED) is 0.564. The molecule has 1 fully saturated rings. The average molecular weight is 170 g/mol. The average Bonchev–Trinajstić information content (AvgIpc) is 2.47. The Hall–Kier alpha value is -0.410. The first-order chi connectivity index (χ1) is 5.74. The highest BCUT2D eigenvalue weighted by Gasteiger charge is 2.22. The number of carbonyl (C=O) groups is 1. The minimum atomic E-state index is 0.199. The SMILES string of the molecule is CN(C)CCN1CCC[C@@H]1C=O. The van der Waals surface area contributed by atoms with Crippen molar-refractivity contribution >= 4 is 6.29 Å². The van der Waals surface area contributed by atoms with Gasteiger partial charge in [0, 0.05) is 13.1 Å². The Bertz CT molecular complexity index is 147. The minimum Gasteiger partial charge on any atom is -0.308 e. The molecule has 1 atom stereocenters. The Labute approximate surface area is 74.3 Å². The van der Waals surface area contributed by atoms with Crippen molar-refractivity contribution < 1.29 is 4.79 Å². The molecule has 70 valence electrons. The summed E-state index contributed by atoms with van der Waals surface area (Å²) in [7, 11) is 4.12. The lowest BCUT2D eigenvalue weighted by atomic mass is 10.2. The van der Waals surface area contributed by atoms with E-state index in [1.54, 1.807) is 0 Å². The molecule has 1 aliphatic rings. The predicted octanol–water partition coefficient (Wildman–Crippen LogP) is 0.211. The Morgan fingerprint density at radius 1 is 1.58 bits per heavy atom. The zero-order valence-electron chi connectivity index (χ0n) is 7.99. The number of hydrogen-bond donors (Lipinski definition) is 0. The summed E-state index contributed by atoms with van der Waals surface area (Å²) in [4.78, 5) is 15.0. The van der Waals surface area contributed by atoms with E-state index in [0.29, 0.717) is 0 Å². The van der Waals surface area contributed by atoms with E-state index in [1.807, 2.05) is 0 Å². The first-order valence-corrected chi connectivity index (χ1v) is 4.58. The maximum absolute atomic E-state index is 10.6. The lowest BCUT2D eigenvalue weighted by molar-refractivity contribution is -0.111. The zero-order valence-corrected chi connectivity index (χ0v) is 7.99. The van der Waals surface area contributed by atoms with E-state index in [9.17, 15) is 4.79 Å². The molecule has 0 radical (unpaired) electrons. The van der Waals surface area contributed by atoms with Gasteiger partial charge in [0.25, 0.3) is 0 Å². The number of nitrogens with zero attached hydrogens (tertiary/aromatic N) is 2. The number of hydrogen-bond acceptors (Lipinski definition) is 3. The van der Waals surface area contributed by atoms with Gasteiger partial charge in [0.2, 0.25) is 0 Å². The van der Waals surface area contributed by atoms with Gasteiger partial charge < -0.3 is 9.69 Å². The van der Waals surface area contributed by atoms with Crippen LogP contribution in [0, 0.1) is 0 Å². The fourth-order valence-corrected chi connectivity index (χ4v) is 1.61. The van der Waals surface area contributed by atoms with Crippen LogP contribution in [0.1, 0.15) is 12.8 Å². The maximum Gasteiger partial charge on any atom is 0.137 e. The Morgan fingerprint density at radius 2 is 2.33 bits per heavy atom. The molecule has 1 heterocycles. The second-order valence-electron chi connectivity index (χ2n) is 3.68. The first-order valence-electron chi connectivity index (χ1n) is 4.58. The predicted molar refractivity (Wildman–Crippen MR) is 49.2 cm³/mol. The van der Waals surface area contributed by atoms with Gasteiger partial charge in [0.15, 0.2) is 0 Å². The van der Waals surface area contributed by atoms with E-state index in [4.69, 9.17) is 0 Å². The Morgan fingerprint density at radius 3 is 2.92 bits per heavy atom. The molecule has 0 unspecified atom stereocenters. The molecule has 0 N–H and O–H groups in total. The summed E-state index contributed by atoms with van der Waals surface area (Å²) in [5.41, 5.74) is 0. The van der Waals surface area contributed by atoms with Crippen LogP contribution in [0.2, 0.25) is 0 Å². The third-order valence-electron chi connectivity index (χ3n) is 2.41. The van der Waals surface area contributed by atoms with Gasteiger partial charge in [-0.1, -0.05) is 0 Å². The molecular formula is C9H18N2O. The van der Waals surface area contributed by atoms with Gasteiger partial charge >= 0.3 is 0 Å². The summed E-state index contributed by atoms with van der Waals surface area (Å²) in [6, 6.07) is 0.199. The van der Waals surface area contributed by atoms with Crippen LogP contribution in [0.5, 0.6) is 0 Å². The van der Waals surface area contributed by atoms with Crippen LogP contribution >= 0.6 is 0 Å². The summed E-state index contributed by atoms with van der Waals surface area (Å²) >= 11 is 0. The molecule has 12 heavy (non-hydrogen) atoms. The Balaban J connectivity index is 2.26. The van der Waals surface area contributed by atoms with Crippen LogP contribution in [-0.4, -0.2) is 55.9 Å². The fraction of sp³-hybridized carbons (Fsp3) is 0.889. The molecule has 0 amide bonds. The molecular weight excluding hydrogens is 152 g/mol. The van der Waals surface area contributed by atoms with Crippen LogP contribution < -0.4 is 0 Å². The summed E-state index contributed by atoms with van der Waals surface area (Å²) in [5, 5.41) is 0. The van der Waals surface area contributed by atoms with Gasteiger partial charge in [-0.3, -0.25) is 4.90 Å². The molecule has 1 aliphatic heterocycles. The lowest BCUT2D eigenvalue weighted by Gasteiger charge is -2.21. The van der Waals surface area contributed by atoms with E-state index in [2.05, 4.69) is 23.9 Å².